The molecule has 18 heavy (non-hydrogen) atoms. The van der Waals surface area contributed by atoms with Crippen LogP contribution in [-0.2, 0) is 4.79 Å². The molecule has 1 aromatic rings. The molecule has 93 valence electrons. The molecule has 0 saturated heterocycles. The van der Waals surface area contributed by atoms with Gasteiger partial charge in [-0.25, -0.2) is 10.1 Å². The highest BCUT2D eigenvalue weighted by atomic mass is 19.1. The van der Waals surface area contributed by atoms with Gasteiger partial charge in [-0.3, -0.25) is 14.6 Å². The third-order valence-corrected chi connectivity index (χ3v) is 2.22. The van der Waals surface area contributed by atoms with Crippen LogP contribution in [-0.4, -0.2) is 21.6 Å². The highest BCUT2D eigenvalue weighted by molar-refractivity contribution is 6.06. The van der Waals surface area contributed by atoms with E-state index >= 15 is 0 Å². The van der Waals surface area contributed by atoms with Crippen molar-refractivity contribution in [2.24, 2.45) is 0 Å². The quantitative estimate of drug-likeness (QED) is 0.614. The molecule has 2 N–H and O–H groups in total. The number of carbonyl (C=O) groups is 2. The second-order valence-corrected chi connectivity index (χ2v) is 3.50. The van der Waals surface area contributed by atoms with Crippen molar-refractivity contribution in [3.63, 3.8) is 0 Å². The van der Waals surface area contributed by atoms with Crippen molar-refractivity contribution in [3.8, 4) is 0 Å². The van der Waals surface area contributed by atoms with Crippen LogP contribution in [0.5, 0.6) is 0 Å². The highest BCUT2D eigenvalue weighted by Gasteiger charge is 2.38. The Bertz CT molecular complexity index is 687. The molecule has 0 spiro atoms. The number of aromatic amines is 1. The Morgan fingerprint density at radius 2 is 1.94 bits per heavy atom. The van der Waals surface area contributed by atoms with Gasteiger partial charge >= 0.3 is 11.7 Å². The number of imide groups is 1. The third-order valence-electron chi connectivity index (χ3n) is 2.22. The molecule has 0 unspecified atom stereocenters. The number of aromatic nitrogens is 2. The molecule has 2 rings (SSSR count). The van der Waals surface area contributed by atoms with Gasteiger partial charge in [0, 0.05) is 5.56 Å². The molecule has 0 aliphatic carbocycles. The number of carbonyl (C=O) groups excluding carboxylic acids is 2. The van der Waals surface area contributed by atoms with Gasteiger partial charge in [0.25, 0.3) is 11.5 Å². The van der Waals surface area contributed by atoms with Crippen molar-refractivity contribution in [1.82, 2.24) is 20.0 Å². The van der Waals surface area contributed by atoms with Crippen LogP contribution in [0.1, 0.15) is 5.56 Å². The van der Waals surface area contributed by atoms with E-state index in [4.69, 9.17) is 0 Å². The predicted molar refractivity (Wildman–Crippen MR) is 56.3 cm³/mol. The molecular weight excluding hydrogens is 247 g/mol. The van der Waals surface area contributed by atoms with Crippen LogP contribution in [0.25, 0.3) is 0 Å². The average Bonchev–Trinajstić information content (AvgIpc) is 2.29. The fraction of sp³-hybridized carbons (Fsp3) is 0.111. The number of halogens is 1. The summed E-state index contributed by atoms with van der Waals surface area (Å²) in [5.41, 5.74) is -1.40. The van der Waals surface area contributed by atoms with E-state index in [0.29, 0.717) is 15.9 Å². The number of H-pyrrole nitrogens is 1. The highest BCUT2D eigenvalue weighted by Crippen LogP contribution is 2.05. The molecule has 3 amide bonds. The van der Waals surface area contributed by atoms with E-state index in [1.54, 1.807) is 5.32 Å². The SMILES string of the molecule is Cc1cn([N+]2C=C(F)C(=O)NC2=O)c(=O)[nH]c1=O. The van der Waals surface area contributed by atoms with Crippen LogP contribution in [0, 0.1) is 6.92 Å². The van der Waals surface area contributed by atoms with Gasteiger partial charge < -0.3 is 0 Å². The normalized spacial score (nSPS) is 16.4. The fourth-order valence-electron chi connectivity index (χ4n) is 1.31. The molecule has 8 nitrogen and oxygen atoms in total. The van der Waals surface area contributed by atoms with Gasteiger partial charge in [0.1, 0.15) is 0 Å². The average molecular weight is 254 g/mol. The summed E-state index contributed by atoms with van der Waals surface area (Å²) in [6.07, 6.45) is 1.61. The largest absolute Gasteiger partial charge is 0.506 e. The molecule has 1 radical (unpaired) electrons. The second-order valence-electron chi connectivity index (χ2n) is 3.50. The van der Waals surface area contributed by atoms with Crippen LogP contribution in [0.3, 0.4) is 0 Å². The van der Waals surface area contributed by atoms with Crippen molar-refractivity contribution in [2.75, 3.05) is 0 Å². The van der Waals surface area contributed by atoms with Gasteiger partial charge in [0.05, 0.1) is 11.2 Å². The Morgan fingerprint density at radius 1 is 1.28 bits per heavy atom. The number of nitrogens with one attached hydrogen (secondary N) is 2. The fourth-order valence-corrected chi connectivity index (χ4v) is 1.31. The number of hydrogen-bond donors (Lipinski definition) is 2. The molecule has 0 atom stereocenters. The maximum atomic E-state index is 13.1. The van der Waals surface area contributed by atoms with Gasteiger partial charge in [-0.2, -0.15) is 9.18 Å². The summed E-state index contributed by atoms with van der Waals surface area (Å²) >= 11 is 0. The zero-order chi connectivity index (χ0) is 13.4. The number of rotatable bonds is 1. The van der Waals surface area contributed by atoms with E-state index in [2.05, 4.69) is 0 Å². The van der Waals surface area contributed by atoms with Gasteiger partial charge in [-0.05, 0) is 6.92 Å². The summed E-state index contributed by atoms with van der Waals surface area (Å²) in [6, 6.07) is -1.00. The molecule has 9 heteroatoms. The summed E-state index contributed by atoms with van der Waals surface area (Å²) in [4.78, 5) is 46.8. The van der Waals surface area contributed by atoms with E-state index in [-0.39, 0.29) is 5.56 Å². The number of nitrogens with zero attached hydrogens (tertiary/aromatic N) is 2. The van der Waals surface area contributed by atoms with E-state index in [9.17, 15) is 23.6 Å². The molecule has 0 fully saturated rings. The van der Waals surface area contributed by atoms with Crippen LogP contribution in [0.4, 0.5) is 9.18 Å². The first-order valence-electron chi connectivity index (χ1n) is 4.75. The topological polar surface area (TPSA) is 107 Å². The Kier molecular flexibility index (Phi) is 2.67. The molecular formula is C9H7FN4O4+. The van der Waals surface area contributed by atoms with E-state index < -0.39 is 29.0 Å². The van der Waals surface area contributed by atoms with Gasteiger partial charge in [-0.15, -0.1) is 0 Å². The van der Waals surface area contributed by atoms with Gasteiger partial charge in [0.15, 0.2) is 0 Å². The lowest BCUT2D eigenvalue weighted by molar-refractivity contribution is -0.118. The molecule has 1 aliphatic rings. The molecule has 0 aromatic carbocycles. The summed E-state index contributed by atoms with van der Waals surface area (Å²) in [5.74, 6) is -2.42. The Hall–Kier alpha value is -2.55. The zero-order valence-electron chi connectivity index (χ0n) is 9.06. The standard InChI is InChI=1S/C9H7FN4O4/c1-4-2-13(8(17)11-6(4)15)14-3-5(10)7(16)12-9(14)18/h2-3H,1H3,(H,11,15,17)(H,12,16,18)/q+1. The first kappa shape index (κ1) is 11.9. The van der Waals surface area contributed by atoms with Gasteiger partial charge in [-0.1, -0.05) is 4.68 Å². The molecule has 0 bridgehead atoms. The Labute approximate surface area is 98.3 Å². The van der Waals surface area contributed by atoms with E-state index in [1.165, 1.54) is 6.92 Å². The predicted octanol–water partition coefficient (Wildman–Crippen LogP) is -1.19. The van der Waals surface area contributed by atoms with Crippen molar-refractivity contribution in [1.29, 1.82) is 0 Å². The van der Waals surface area contributed by atoms with E-state index in [0.717, 1.165) is 6.20 Å². The lowest BCUT2D eigenvalue weighted by Crippen LogP contribution is -2.54. The minimum atomic E-state index is -1.23. The van der Waals surface area contributed by atoms with Crippen LogP contribution in [0.15, 0.2) is 27.8 Å². The lowest BCUT2D eigenvalue weighted by atomic mass is 10.4. The number of urea groups is 1. The summed E-state index contributed by atoms with van der Waals surface area (Å²) < 4.78 is 13.7. The maximum Gasteiger partial charge on any atom is 0.506 e. The van der Waals surface area contributed by atoms with E-state index in [1.807, 2.05) is 4.98 Å². The number of aryl methyl sites for hydroxylation is 1. The number of hydrogen-bond acceptors (Lipinski definition) is 4. The minimum absolute atomic E-state index is 0.146. The Morgan fingerprint density at radius 3 is 2.61 bits per heavy atom. The molecule has 1 aromatic heterocycles. The van der Waals surface area contributed by atoms with Crippen molar-refractivity contribution < 1.29 is 14.0 Å². The van der Waals surface area contributed by atoms with Gasteiger partial charge in [0.2, 0.25) is 12.0 Å². The van der Waals surface area contributed by atoms with Crippen molar-refractivity contribution in [2.45, 2.75) is 6.92 Å². The minimum Gasteiger partial charge on any atom is -0.270 e. The van der Waals surface area contributed by atoms with Crippen molar-refractivity contribution >= 4 is 11.9 Å². The maximum absolute atomic E-state index is 13.1. The third kappa shape index (κ3) is 1.86. The lowest BCUT2D eigenvalue weighted by Gasteiger charge is -2.10. The van der Waals surface area contributed by atoms with Crippen LogP contribution < -0.4 is 21.6 Å². The zero-order valence-corrected chi connectivity index (χ0v) is 9.06. The smallest absolute Gasteiger partial charge is 0.270 e. The second kappa shape index (κ2) is 4.04. The van der Waals surface area contributed by atoms with Crippen molar-refractivity contribution in [3.05, 3.63) is 44.6 Å². The van der Waals surface area contributed by atoms with Crippen LogP contribution in [0.2, 0.25) is 0 Å². The summed E-state index contributed by atoms with van der Waals surface area (Å²) in [5, 5.41) is 2.24. The summed E-state index contributed by atoms with van der Waals surface area (Å²) in [6.45, 7) is 1.40. The monoisotopic (exact) mass is 254 g/mol. The molecule has 1 aliphatic heterocycles. The summed E-state index contributed by atoms with van der Waals surface area (Å²) in [7, 11) is 0. The van der Waals surface area contributed by atoms with Crippen LogP contribution >= 0.6 is 0 Å². The molecule has 0 saturated carbocycles. The first-order chi connectivity index (χ1) is 8.40. The number of amides is 3. The first-order valence-corrected chi connectivity index (χ1v) is 4.75. The Balaban J connectivity index is 2.59. The molecule has 2 heterocycles.